The molecule has 19 heavy (non-hydrogen) atoms. The minimum absolute atomic E-state index is 0.00919. The van der Waals surface area contributed by atoms with Crippen LogP contribution in [-0.4, -0.2) is 12.4 Å². The SMILES string of the molecule is CCOc1ccc(C(=O)c2ccc(C)cc2)c(Br)c1. The lowest BCUT2D eigenvalue weighted by atomic mass is 10.0. The van der Waals surface area contributed by atoms with Crippen LogP contribution in [0, 0.1) is 6.92 Å². The molecule has 0 amide bonds. The van der Waals surface area contributed by atoms with Gasteiger partial charge in [0.1, 0.15) is 5.75 Å². The first kappa shape index (κ1) is 13.8. The van der Waals surface area contributed by atoms with Gasteiger partial charge in [0, 0.05) is 15.6 Å². The minimum Gasteiger partial charge on any atom is -0.494 e. The van der Waals surface area contributed by atoms with E-state index in [1.54, 1.807) is 6.07 Å². The molecule has 2 aromatic carbocycles. The first-order chi connectivity index (χ1) is 9.11. The highest BCUT2D eigenvalue weighted by Gasteiger charge is 2.13. The van der Waals surface area contributed by atoms with Crippen molar-refractivity contribution in [2.75, 3.05) is 6.61 Å². The van der Waals surface area contributed by atoms with Crippen LogP contribution in [-0.2, 0) is 0 Å². The van der Waals surface area contributed by atoms with E-state index in [4.69, 9.17) is 4.74 Å². The van der Waals surface area contributed by atoms with E-state index in [-0.39, 0.29) is 5.78 Å². The summed E-state index contributed by atoms with van der Waals surface area (Å²) in [5.41, 5.74) is 2.48. The highest BCUT2D eigenvalue weighted by atomic mass is 79.9. The van der Waals surface area contributed by atoms with Crippen molar-refractivity contribution in [3.63, 3.8) is 0 Å². The zero-order chi connectivity index (χ0) is 13.8. The molecule has 0 bridgehead atoms. The fourth-order valence-corrected chi connectivity index (χ4v) is 2.33. The topological polar surface area (TPSA) is 26.3 Å². The van der Waals surface area contributed by atoms with Gasteiger partial charge in [0.05, 0.1) is 6.61 Å². The summed E-state index contributed by atoms with van der Waals surface area (Å²) in [6.45, 7) is 4.54. The first-order valence-electron chi connectivity index (χ1n) is 6.15. The average molecular weight is 319 g/mol. The van der Waals surface area contributed by atoms with E-state index in [1.807, 2.05) is 50.2 Å². The maximum absolute atomic E-state index is 12.4. The predicted molar refractivity (Wildman–Crippen MR) is 79.9 cm³/mol. The molecule has 0 saturated heterocycles. The monoisotopic (exact) mass is 318 g/mol. The standard InChI is InChI=1S/C16H15BrO2/c1-3-19-13-8-9-14(15(17)10-13)16(18)12-6-4-11(2)5-7-12/h4-10H,3H2,1-2H3. The summed E-state index contributed by atoms with van der Waals surface area (Å²) in [7, 11) is 0. The molecule has 3 heteroatoms. The van der Waals surface area contributed by atoms with Crippen LogP contribution in [0.1, 0.15) is 28.4 Å². The van der Waals surface area contributed by atoms with Gasteiger partial charge in [-0.05, 0) is 48.0 Å². The van der Waals surface area contributed by atoms with Gasteiger partial charge in [0.25, 0.3) is 0 Å². The van der Waals surface area contributed by atoms with Crippen molar-refractivity contribution < 1.29 is 9.53 Å². The molecule has 0 aliphatic carbocycles. The second kappa shape index (κ2) is 6.02. The summed E-state index contributed by atoms with van der Waals surface area (Å²) in [6, 6.07) is 13.0. The molecule has 2 nitrogen and oxygen atoms in total. The highest BCUT2D eigenvalue weighted by Crippen LogP contribution is 2.25. The maximum Gasteiger partial charge on any atom is 0.194 e. The van der Waals surface area contributed by atoms with E-state index in [0.29, 0.717) is 17.7 Å². The number of aryl methyl sites for hydroxylation is 1. The molecule has 0 spiro atoms. The van der Waals surface area contributed by atoms with Crippen LogP contribution < -0.4 is 4.74 Å². The number of rotatable bonds is 4. The number of hydrogen-bond acceptors (Lipinski definition) is 2. The molecule has 98 valence electrons. The van der Waals surface area contributed by atoms with E-state index in [9.17, 15) is 4.79 Å². The summed E-state index contributed by atoms with van der Waals surface area (Å²) in [5, 5.41) is 0. The largest absolute Gasteiger partial charge is 0.494 e. The third-order valence-electron chi connectivity index (χ3n) is 2.81. The highest BCUT2D eigenvalue weighted by molar-refractivity contribution is 9.10. The number of hydrogen-bond donors (Lipinski definition) is 0. The molecular weight excluding hydrogens is 304 g/mol. The van der Waals surface area contributed by atoms with Gasteiger partial charge in [-0.25, -0.2) is 0 Å². The quantitative estimate of drug-likeness (QED) is 0.782. The molecule has 0 saturated carbocycles. The first-order valence-corrected chi connectivity index (χ1v) is 6.95. The molecule has 0 atom stereocenters. The van der Waals surface area contributed by atoms with Gasteiger partial charge in [-0.1, -0.05) is 29.8 Å². The third-order valence-corrected chi connectivity index (χ3v) is 3.47. The van der Waals surface area contributed by atoms with E-state index in [0.717, 1.165) is 15.8 Å². The van der Waals surface area contributed by atoms with Crippen LogP contribution >= 0.6 is 15.9 Å². The van der Waals surface area contributed by atoms with E-state index >= 15 is 0 Å². The fourth-order valence-electron chi connectivity index (χ4n) is 1.80. The van der Waals surface area contributed by atoms with Crippen LogP contribution in [0.2, 0.25) is 0 Å². The van der Waals surface area contributed by atoms with Crippen molar-refractivity contribution in [3.05, 3.63) is 63.6 Å². The second-order valence-electron chi connectivity index (χ2n) is 4.27. The lowest BCUT2D eigenvalue weighted by Gasteiger charge is -2.07. The summed E-state index contributed by atoms with van der Waals surface area (Å²) in [6.07, 6.45) is 0. The molecule has 0 fully saturated rings. The Bertz CT molecular complexity index is 588. The molecule has 0 N–H and O–H groups in total. The summed E-state index contributed by atoms with van der Waals surface area (Å²) in [5.74, 6) is 0.768. The van der Waals surface area contributed by atoms with Crippen LogP contribution in [0.3, 0.4) is 0 Å². The van der Waals surface area contributed by atoms with Gasteiger partial charge >= 0.3 is 0 Å². The number of carbonyl (C=O) groups is 1. The lowest BCUT2D eigenvalue weighted by Crippen LogP contribution is -2.03. The second-order valence-corrected chi connectivity index (χ2v) is 5.12. The van der Waals surface area contributed by atoms with Crippen molar-refractivity contribution in [1.82, 2.24) is 0 Å². The molecular formula is C16H15BrO2. The summed E-state index contributed by atoms with van der Waals surface area (Å²) >= 11 is 3.43. The van der Waals surface area contributed by atoms with E-state index in [2.05, 4.69) is 15.9 Å². The molecule has 0 heterocycles. The average Bonchev–Trinajstić information content (AvgIpc) is 2.39. The number of halogens is 1. The van der Waals surface area contributed by atoms with Gasteiger partial charge in [-0.3, -0.25) is 4.79 Å². The van der Waals surface area contributed by atoms with Gasteiger partial charge in [-0.2, -0.15) is 0 Å². The van der Waals surface area contributed by atoms with Crippen LogP contribution in [0.4, 0.5) is 0 Å². The third kappa shape index (κ3) is 3.24. The number of ether oxygens (including phenoxy) is 1. The van der Waals surface area contributed by atoms with Crippen LogP contribution in [0.15, 0.2) is 46.9 Å². The Morgan fingerprint density at radius 1 is 1.16 bits per heavy atom. The van der Waals surface area contributed by atoms with Crippen molar-refractivity contribution in [2.45, 2.75) is 13.8 Å². The van der Waals surface area contributed by atoms with Crippen molar-refractivity contribution >= 4 is 21.7 Å². The Kier molecular flexibility index (Phi) is 4.38. The molecule has 0 radical (unpaired) electrons. The predicted octanol–water partition coefficient (Wildman–Crippen LogP) is 4.39. The van der Waals surface area contributed by atoms with Crippen molar-refractivity contribution in [1.29, 1.82) is 0 Å². The van der Waals surface area contributed by atoms with Gasteiger partial charge in [-0.15, -0.1) is 0 Å². The number of carbonyl (C=O) groups excluding carboxylic acids is 1. The number of benzene rings is 2. The van der Waals surface area contributed by atoms with Crippen LogP contribution in [0.5, 0.6) is 5.75 Å². The van der Waals surface area contributed by atoms with E-state index < -0.39 is 0 Å². The molecule has 0 unspecified atom stereocenters. The molecule has 0 aromatic heterocycles. The Morgan fingerprint density at radius 3 is 2.42 bits per heavy atom. The Balaban J connectivity index is 2.31. The van der Waals surface area contributed by atoms with E-state index in [1.165, 1.54) is 0 Å². The van der Waals surface area contributed by atoms with Gasteiger partial charge in [0.2, 0.25) is 0 Å². The smallest absolute Gasteiger partial charge is 0.194 e. The normalized spacial score (nSPS) is 10.3. The maximum atomic E-state index is 12.4. The van der Waals surface area contributed by atoms with Crippen molar-refractivity contribution in [2.24, 2.45) is 0 Å². The molecule has 2 aromatic rings. The van der Waals surface area contributed by atoms with Crippen LogP contribution in [0.25, 0.3) is 0 Å². The molecule has 0 aliphatic rings. The van der Waals surface area contributed by atoms with Gasteiger partial charge < -0.3 is 4.74 Å². The minimum atomic E-state index is 0.00919. The summed E-state index contributed by atoms with van der Waals surface area (Å²) < 4.78 is 6.16. The molecule has 2 rings (SSSR count). The Labute approximate surface area is 121 Å². The number of ketones is 1. The van der Waals surface area contributed by atoms with Crippen molar-refractivity contribution in [3.8, 4) is 5.75 Å². The summed E-state index contributed by atoms with van der Waals surface area (Å²) in [4.78, 5) is 12.4. The lowest BCUT2D eigenvalue weighted by molar-refractivity contribution is 0.103. The Morgan fingerprint density at radius 2 is 1.84 bits per heavy atom. The zero-order valence-corrected chi connectivity index (χ0v) is 12.5. The van der Waals surface area contributed by atoms with Gasteiger partial charge in [0.15, 0.2) is 5.78 Å². The molecule has 0 aliphatic heterocycles. The Hall–Kier alpha value is -1.61. The zero-order valence-electron chi connectivity index (χ0n) is 10.9. The fraction of sp³-hybridized carbons (Fsp3) is 0.188.